The van der Waals surface area contributed by atoms with Gasteiger partial charge in [-0.2, -0.15) is 0 Å². The number of unbranched alkanes of at least 4 members (excludes halogenated alkanes) is 1. The van der Waals surface area contributed by atoms with Crippen molar-refractivity contribution in [3.05, 3.63) is 74.8 Å². The number of morpholine rings is 1. The van der Waals surface area contributed by atoms with E-state index in [1.54, 1.807) is 0 Å². The number of carbonyl (C=O) groups is 1. The zero-order valence-corrected chi connectivity index (χ0v) is 16.8. The summed E-state index contributed by atoms with van der Waals surface area (Å²) in [7, 11) is 0. The fourth-order valence-electron chi connectivity index (χ4n) is 3.33. The molecule has 0 bridgehead atoms. The molecule has 1 unspecified atom stereocenters. The minimum Gasteiger partial charge on any atom is -0.371 e. The molecule has 8 heteroatoms. The Morgan fingerprint density at radius 1 is 1.24 bits per heavy atom. The van der Waals surface area contributed by atoms with Gasteiger partial charge in [0.25, 0.3) is 11.6 Å². The Bertz CT molecular complexity index is 847. The summed E-state index contributed by atoms with van der Waals surface area (Å²) >= 11 is 5.78. The van der Waals surface area contributed by atoms with Crippen LogP contribution in [0.15, 0.2) is 48.5 Å². The van der Waals surface area contributed by atoms with E-state index in [0.717, 1.165) is 32.5 Å². The highest BCUT2D eigenvalue weighted by Gasteiger charge is 2.21. The number of hydrogen-bond donors (Lipinski definition) is 1. The maximum atomic E-state index is 12.2. The lowest BCUT2D eigenvalue weighted by atomic mass is 10.1. The summed E-state index contributed by atoms with van der Waals surface area (Å²) < 4.78 is 5.88. The van der Waals surface area contributed by atoms with E-state index < -0.39 is 4.92 Å². The number of nitro benzene ring substituents is 1. The molecule has 3 rings (SSSR count). The Kier molecular flexibility index (Phi) is 7.57. The average molecular weight is 418 g/mol. The molecule has 1 atom stereocenters. The Balaban J connectivity index is 1.39. The van der Waals surface area contributed by atoms with Crippen LogP contribution in [0.25, 0.3) is 0 Å². The molecule has 0 spiro atoms. The number of nitrogens with zero attached hydrogens (tertiary/aromatic N) is 2. The number of rotatable bonds is 8. The van der Waals surface area contributed by atoms with Crippen LogP contribution in [-0.4, -0.2) is 48.5 Å². The van der Waals surface area contributed by atoms with Gasteiger partial charge in [-0.1, -0.05) is 41.9 Å². The van der Waals surface area contributed by atoms with Crippen molar-refractivity contribution < 1.29 is 14.5 Å². The third-order valence-electron chi connectivity index (χ3n) is 4.91. The fourth-order valence-corrected chi connectivity index (χ4v) is 3.52. The van der Waals surface area contributed by atoms with Crippen molar-refractivity contribution in [3.63, 3.8) is 0 Å². The van der Waals surface area contributed by atoms with Gasteiger partial charge in [0.1, 0.15) is 5.02 Å². The normalized spacial score (nSPS) is 17.1. The average Bonchev–Trinajstić information content (AvgIpc) is 2.74. The first-order valence-electron chi connectivity index (χ1n) is 9.65. The molecular formula is C21H24ClN3O4. The van der Waals surface area contributed by atoms with Gasteiger partial charge in [-0.15, -0.1) is 0 Å². The topological polar surface area (TPSA) is 84.7 Å². The van der Waals surface area contributed by atoms with E-state index in [0.29, 0.717) is 13.2 Å². The second kappa shape index (κ2) is 10.3. The fraction of sp³-hybridized carbons (Fsp3) is 0.381. The first-order valence-corrected chi connectivity index (χ1v) is 10.0. The smallest absolute Gasteiger partial charge is 0.288 e. The predicted molar refractivity (Wildman–Crippen MR) is 111 cm³/mol. The lowest BCUT2D eigenvalue weighted by Crippen LogP contribution is -2.39. The quantitative estimate of drug-likeness (QED) is 0.401. The number of carbonyl (C=O) groups excluding carboxylic acids is 1. The van der Waals surface area contributed by atoms with Crippen LogP contribution >= 0.6 is 11.6 Å². The second-order valence-electron chi connectivity index (χ2n) is 6.96. The van der Waals surface area contributed by atoms with Gasteiger partial charge in [-0.25, -0.2) is 0 Å². The molecule has 0 radical (unpaired) electrons. The lowest BCUT2D eigenvalue weighted by molar-refractivity contribution is -0.384. The molecule has 0 saturated carbocycles. The van der Waals surface area contributed by atoms with E-state index in [9.17, 15) is 14.9 Å². The van der Waals surface area contributed by atoms with Crippen molar-refractivity contribution in [1.29, 1.82) is 0 Å². The van der Waals surface area contributed by atoms with E-state index >= 15 is 0 Å². The molecule has 2 aromatic carbocycles. The minimum atomic E-state index is -0.593. The molecule has 0 aliphatic carbocycles. The van der Waals surface area contributed by atoms with Crippen LogP contribution in [0.4, 0.5) is 5.69 Å². The number of nitrogens with one attached hydrogen (secondary N) is 1. The third kappa shape index (κ3) is 6.00. The van der Waals surface area contributed by atoms with E-state index in [1.165, 1.54) is 23.8 Å². The first-order chi connectivity index (χ1) is 14.0. The number of hydrogen-bond acceptors (Lipinski definition) is 5. The first kappa shape index (κ1) is 21.2. The summed E-state index contributed by atoms with van der Waals surface area (Å²) in [6.07, 6.45) is 1.88. The Labute approximate surface area is 174 Å². The summed E-state index contributed by atoms with van der Waals surface area (Å²) in [5, 5.41) is 13.8. The lowest BCUT2D eigenvalue weighted by Gasteiger charge is -2.33. The molecule has 1 aliphatic heterocycles. The minimum absolute atomic E-state index is 0.0193. The Morgan fingerprint density at radius 2 is 2.03 bits per heavy atom. The van der Waals surface area contributed by atoms with Crippen LogP contribution in [0.3, 0.4) is 0 Å². The largest absolute Gasteiger partial charge is 0.371 e. The Hall–Kier alpha value is -2.48. The van der Waals surface area contributed by atoms with Crippen LogP contribution in [0, 0.1) is 10.1 Å². The number of ether oxygens (including phenoxy) is 1. The van der Waals surface area contributed by atoms with Crippen molar-refractivity contribution in [2.24, 2.45) is 0 Å². The van der Waals surface area contributed by atoms with Gasteiger partial charge in [0.15, 0.2) is 0 Å². The summed E-state index contributed by atoms with van der Waals surface area (Å²) in [5.41, 5.74) is 1.17. The monoisotopic (exact) mass is 417 g/mol. The molecule has 154 valence electrons. The molecule has 7 nitrogen and oxygen atoms in total. The SMILES string of the molecule is O=C(NCCCCN1CCOC(c2ccccc2)C1)c1ccc(Cl)c([N+](=O)[O-])c1. The van der Waals surface area contributed by atoms with Gasteiger partial charge < -0.3 is 10.1 Å². The van der Waals surface area contributed by atoms with Crippen molar-refractivity contribution in [2.75, 3.05) is 32.8 Å². The van der Waals surface area contributed by atoms with Crippen LogP contribution < -0.4 is 5.32 Å². The van der Waals surface area contributed by atoms with Crippen LogP contribution in [0.1, 0.15) is 34.9 Å². The van der Waals surface area contributed by atoms with Gasteiger partial charge in [-0.3, -0.25) is 19.8 Å². The molecule has 2 aromatic rings. The van der Waals surface area contributed by atoms with Crippen molar-refractivity contribution in [2.45, 2.75) is 18.9 Å². The van der Waals surface area contributed by atoms with E-state index in [-0.39, 0.29) is 28.3 Å². The van der Waals surface area contributed by atoms with Crippen LogP contribution in [-0.2, 0) is 4.74 Å². The molecule has 1 heterocycles. The number of halogens is 1. The van der Waals surface area contributed by atoms with Gasteiger partial charge in [0.05, 0.1) is 17.6 Å². The third-order valence-corrected chi connectivity index (χ3v) is 5.23. The summed E-state index contributed by atoms with van der Waals surface area (Å²) in [5.74, 6) is -0.333. The number of benzene rings is 2. The van der Waals surface area contributed by atoms with Gasteiger partial charge in [0.2, 0.25) is 0 Å². The number of nitro groups is 1. The van der Waals surface area contributed by atoms with Gasteiger partial charge in [0, 0.05) is 31.3 Å². The summed E-state index contributed by atoms with van der Waals surface area (Å²) in [6.45, 7) is 3.94. The molecule has 1 saturated heterocycles. The highest BCUT2D eigenvalue weighted by Crippen LogP contribution is 2.25. The van der Waals surface area contributed by atoms with Crippen molar-refractivity contribution in [3.8, 4) is 0 Å². The molecule has 1 N–H and O–H groups in total. The summed E-state index contributed by atoms with van der Waals surface area (Å²) in [6, 6.07) is 14.3. The molecule has 1 aliphatic rings. The zero-order valence-electron chi connectivity index (χ0n) is 16.1. The van der Waals surface area contributed by atoms with Gasteiger partial charge in [-0.05, 0) is 37.1 Å². The molecule has 29 heavy (non-hydrogen) atoms. The van der Waals surface area contributed by atoms with E-state index in [2.05, 4.69) is 22.3 Å². The molecule has 1 fully saturated rings. The van der Waals surface area contributed by atoms with Crippen LogP contribution in [0.5, 0.6) is 0 Å². The number of amides is 1. The second-order valence-corrected chi connectivity index (χ2v) is 7.36. The summed E-state index contributed by atoms with van der Waals surface area (Å²) in [4.78, 5) is 24.9. The van der Waals surface area contributed by atoms with Crippen molar-refractivity contribution in [1.82, 2.24) is 10.2 Å². The maximum Gasteiger partial charge on any atom is 0.288 e. The molecule has 1 amide bonds. The highest BCUT2D eigenvalue weighted by atomic mass is 35.5. The zero-order chi connectivity index (χ0) is 20.6. The highest BCUT2D eigenvalue weighted by molar-refractivity contribution is 6.32. The van der Waals surface area contributed by atoms with Gasteiger partial charge >= 0.3 is 0 Å². The van der Waals surface area contributed by atoms with E-state index in [4.69, 9.17) is 16.3 Å². The van der Waals surface area contributed by atoms with E-state index in [1.807, 2.05) is 18.2 Å². The Morgan fingerprint density at radius 3 is 2.79 bits per heavy atom. The van der Waals surface area contributed by atoms with Crippen molar-refractivity contribution >= 4 is 23.2 Å². The van der Waals surface area contributed by atoms with Crippen LogP contribution in [0.2, 0.25) is 5.02 Å². The predicted octanol–water partition coefficient (Wildman–Crippen LogP) is 3.83. The maximum absolute atomic E-state index is 12.2. The molecule has 0 aromatic heterocycles. The molecular weight excluding hydrogens is 394 g/mol. The standard InChI is InChI=1S/C21H24ClN3O4/c22-18-9-8-17(14-19(18)25(27)28)21(26)23-10-4-5-11-24-12-13-29-20(15-24)16-6-2-1-3-7-16/h1-3,6-9,14,20H,4-5,10-13,15H2,(H,23,26).